The molecular weight excluding hydrogens is 613 g/mol. The first-order valence-electron chi connectivity index (χ1n) is 11.6. The Bertz CT molecular complexity index is 1480. The molecule has 0 radical (unpaired) electrons. The van der Waals surface area contributed by atoms with Gasteiger partial charge in [-0.2, -0.15) is 5.26 Å². The van der Waals surface area contributed by atoms with Crippen LogP contribution in [0.3, 0.4) is 0 Å². The molecule has 0 aromatic heterocycles. The monoisotopic (exact) mass is 639 g/mol. The molecule has 9 nitrogen and oxygen atoms in total. The van der Waals surface area contributed by atoms with Gasteiger partial charge in [-0.25, -0.2) is 4.79 Å². The highest BCUT2D eigenvalue weighted by Gasteiger charge is 2.16. The molecule has 2 N–H and O–H groups in total. The SMILES string of the molecule is COC(=O)c1ccc(NC(=O)/C(C#N)=C\c2cc(I)c(OCC(=O)Nc3cc(C)ccc3C)c(OC)c2)cc1. The highest BCUT2D eigenvalue weighted by Crippen LogP contribution is 2.34. The lowest BCUT2D eigenvalue weighted by Gasteiger charge is -2.14. The number of hydrogen-bond donors (Lipinski definition) is 2. The summed E-state index contributed by atoms with van der Waals surface area (Å²) in [6.45, 7) is 3.61. The summed E-state index contributed by atoms with van der Waals surface area (Å²) < 4.78 is 16.5. The Morgan fingerprint density at radius 1 is 1.00 bits per heavy atom. The van der Waals surface area contributed by atoms with Crippen LogP contribution in [0.2, 0.25) is 0 Å². The Kier molecular flexibility index (Phi) is 10.1. The smallest absolute Gasteiger partial charge is 0.337 e. The van der Waals surface area contributed by atoms with Gasteiger partial charge in [-0.1, -0.05) is 12.1 Å². The number of aryl methyl sites for hydroxylation is 2. The molecule has 200 valence electrons. The molecule has 0 aliphatic heterocycles. The third kappa shape index (κ3) is 7.81. The van der Waals surface area contributed by atoms with Crippen LogP contribution in [0.1, 0.15) is 27.0 Å². The molecule has 0 fully saturated rings. The van der Waals surface area contributed by atoms with E-state index in [9.17, 15) is 19.6 Å². The van der Waals surface area contributed by atoms with Crippen molar-refractivity contribution in [3.05, 3.63) is 86.0 Å². The summed E-state index contributed by atoms with van der Waals surface area (Å²) in [5, 5.41) is 15.1. The summed E-state index contributed by atoms with van der Waals surface area (Å²) in [6, 6.07) is 17.1. The fourth-order valence-corrected chi connectivity index (χ4v) is 4.26. The van der Waals surface area contributed by atoms with Crippen LogP contribution in [-0.4, -0.2) is 38.6 Å². The van der Waals surface area contributed by atoms with E-state index in [1.165, 1.54) is 44.6 Å². The first-order chi connectivity index (χ1) is 18.6. The molecule has 10 heteroatoms. The Morgan fingerprint density at radius 2 is 1.72 bits per heavy atom. The summed E-state index contributed by atoms with van der Waals surface area (Å²) in [5.74, 6) is -0.749. The van der Waals surface area contributed by atoms with E-state index < -0.39 is 11.9 Å². The number of benzene rings is 3. The number of esters is 1. The minimum absolute atomic E-state index is 0.147. The van der Waals surface area contributed by atoms with Crippen molar-refractivity contribution >= 4 is 57.8 Å². The van der Waals surface area contributed by atoms with Gasteiger partial charge < -0.3 is 24.8 Å². The lowest BCUT2D eigenvalue weighted by molar-refractivity contribution is -0.118. The van der Waals surface area contributed by atoms with Crippen molar-refractivity contribution in [3.8, 4) is 17.6 Å². The first-order valence-corrected chi connectivity index (χ1v) is 12.7. The molecule has 0 bridgehead atoms. The molecule has 0 saturated carbocycles. The van der Waals surface area contributed by atoms with Gasteiger partial charge in [0.15, 0.2) is 18.1 Å². The van der Waals surface area contributed by atoms with Crippen molar-refractivity contribution < 1.29 is 28.6 Å². The number of ether oxygens (including phenoxy) is 3. The summed E-state index contributed by atoms with van der Waals surface area (Å²) >= 11 is 2.03. The number of halogens is 1. The molecule has 2 amide bonds. The fourth-order valence-electron chi connectivity index (χ4n) is 3.48. The summed E-state index contributed by atoms with van der Waals surface area (Å²) in [7, 11) is 2.74. The van der Waals surface area contributed by atoms with Gasteiger partial charge in [0.1, 0.15) is 11.6 Å². The highest BCUT2D eigenvalue weighted by molar-refractivity contribution is 14.1. The second-order valence-corrected chi connectivity index (χ2v) is 9.54. The van der Waals surface area contributed by atoms with E-state index in [1.54, 1.807) is 12.1 Å². The molecule has 0 saturated heterocycles. The van der Waals surface area contributed by atoms with Crippen LogP contribution in [0.15, 0.2) is 60.2 Å². The van der Waals surface area contributed by atoms with E-state index in [0.717, 1.165) is 11.1 Å². The summed E-state index contributed by atoms with van der Waals surface area (Å²) in [5.41, 5.74) is 3.80. The number of anilines is 2. The maximum absolute atomic E-state index is 12.7. The van der Waals surface area contributed by atoms with Crippen molar-refractivity contribution in [2.75, 3.05) is 31.5 Å². The van der Waals surface area contributed by atoms with Crippen molar-refractivity contribution in [3.63, 3.8) is 0 Å². The van der Waals surface area contributed by atoms with Crippen LogP contribution in [0.25, 0.3) is 6.08 Å². The molecule has 0 aliphatic rings. The topological polar surface area (TPSA) is 127 Å². The van der Waals surface area contributed by atoms with Crippen LogP contribution in [0.5, 0.6) is 11.5 Å². The van der Waals surface area contributed by atoms with E-state index >= 15 is 0 Å². The lowest BCUT2D eigenvalue weighted by Crippen LogP contribution is -2.21. The predicted molar refractivity (Wildman–Crippen MR) is 156 cm³/mol. The largest absolute Gasteiger partial charge is 0.493 e. The van der Waals surface area contributed by atoms with Gasteiger partial charge in [0.05, 0.1) is 23.4 Å². The molecule has 3 rings (SSSR count). The average Bonchev–Trinajstić information content (AvgIpc) is 2.92. The van der Waals surface area contributed by atoms with Crippen molar-refractivity contribution in [2.45, 2.75) is 13.8 Å². The van der Waals surface area contributed by atoms with Gasteiger partial charge in [-0.15, -0.1) is 0 Å². The van der Waals surface area contributed by atoms with E-state index in [1.807, 2.05) is 60.7 Å². The molecule has 39 heavy (non-hydrogen) atoms. The number of nitrogens with one attached hydrogen (secondary N) is 2. The Morgan fingerprint density at radius 3 is 2.36 bits per heavy atom. The van der Waals surface area contributed by atoms with Crippen LogP contribution in [-0.2, 0) is 14.3 Å². The van der Waals surface area contributed by atoms with E-state index in [4.69, 9.17) is 9.47 Å². The number of carbonyl (C=O) groups is 3. The van der Waals surface area contributed by atoms with Gasteiger partial charge >= 0.3 is 5.97 Å². The molecule has 3 aromatic rings. The zero-order valence-corrected chi connectivity index (χ0v) is 23.9. The molecule has 3 aromatic carbocycles. The van der Waals surface area contributed by atoms with E-state index in [-0.39, 0.29) is 18.1 Å². The zero-order valence-electron chi connectivity index (χ0n) is 21.8. The number of carbonyl (C=O) groups excluding carboxylic acids is 3. The van der Waals surface area contributed by atoms with Gasteiger partial charge in [0.2, 0.25) is 0 Å². The first kappa shape index (κ1) is 29.2. The number of methoxy groups -OCH3 is 2. The van der Waals surface area contributed by atoms with Crippen molar-refractivity contribution in [1.82, 2.24) is 0 Å². The Hall–Kier alpha value is -4.37. The maximum atomic E-state index is 12.7. The van der Waals surface area contributed by atoms with Crippen LogP contribution in [0, 0.1) is 28.7 Å². The Balaban J connectivity index is 1.73. The maximum Gasteiger partial charge on any atom is 0.337 e. The molecule has 0 heterocycles. The summed E-state index contributed by atoms with van der Waals surface area (Å²) in [6.07, 6.45) is 1.42. The van der Waals surface area contributed by atoms with Crippen LogP contribution in [0.4, 0.5) is 11.4 Å². The molecule has 0 atom stereocenters. The second kappa shape index (κ2) is 13.4. The molecule has 0 unspecified atom stereocenters. The van der Waals surface area contributed by atoms with Crippen molar-refractivity contribution in [2.24, 2.45) is 0 Å². The number of rotatable bonds is 9. The zero-order chi connectivity index (χ0) is 28.5. The highest BCUT2D eigenvalue weighted by atomic mass is 127. The quantitative estimate of drug-likeness (QED) is 0.142. The van der Waals surface area contributed by atoms with Gasteiger partial charge in [-0.3, -0.25) is 9.59 Å². The Labute approximate surface area is 239 Å². The van der Waals surface area contributed by atoms with Gasteiger partial charge in [0.25, 0.3) is 11.8 Å². The van der Waals surface area contributed by atoms with E-state index in [0.29, 0.717) is 37.6 Å². The minimum atomic E-state index is -0.624. The molecule has 0 spiro atoms. The number of nitrogens with zero attached hydrogens (tertiary/aromatic N) is 1. The van der Waals surface area contributed by atoms with Gasteiger partial charge in [0, 0.05) is 11.4 Å². The number of hydrogen-bond acceptors (Lipinski definition) is 7. The van der Waals surface area contributed by atoms with Crippen molar-refractivity contribution in [1.29, 1.82) is 5.26 Å². The fraction of sp³-hybridized carbons (Fsp3) is 0.172. The second-order valence-electron chi connectivity index (χ2n) is 8.38. The minimum Gasteiger partial charge on any atom is -0.493 e. The number of nitriles is 1. The summed E-state index contributed by atoms with van der Waals surface area (Å²) in [4.78, 5) is 36.8. The van der Waals surface area contributed by atoms with E-state index in [2.05, 4.69) is 15.4 Å². The predicted octanol–water partition coefficient (Wildman–Crippen LogP) is 5.27. The standard InChI is InChI=1S/C29H26IN3O6/c1-17-5-6-18(2)24(11-17)33-26(34)16-39-27-23(30)13-19(14-25(27)37-3)12-21(15-31)28(35)32-22-9-7-20(8-10-22)29(36)38-4/h5-14H,16H2,1-4H3,(H,32,35)(H,33,34)/b21-12-. The molecule has 0 aliphatic carbocycles. The van der Waals surface area contributed by atoms with Gasteiger partial charge in [-0.05, 0) is 102 Å². The number of amides is 2. The normalized spacial score (nSPS) is 10.7. The lowest BCUT2D eigenvalue weighted by atomic mass is 10.1. The molecular formula is C29H26IN3O6. The average molecular weight is 639 g/mol. The van der Waals surface area contributed by atoms with Crippen LogP contribution >= 0.6 is 22.6 Å². The van der Waals surface area contributed by atoms with Crippen LogP contribution < -0.4 is 20.1 Å². The third-order valence-electron chi connectivity index (χ3n) is 5.51. The third-order valence-corrected chi connectivity index (χ3v) is 6.31.